The minimum Gasteiger partial charge on any atom is -0.372 e. The molecule has 1 aromatic carbocycles. The number of amides is 1. The van der Waals surface area contributed by atoms with Gasteiger partial charge in [-0.3, -0.25) is 9.69 Å². The largest absolute Gasteiger partial charge is 0.372 e. The Labute approximate surface area is 126 Å². The van der Waals surface area contributed by atoms with Gasteiger partial charge in [0.05, 0.1) is 0 Å². The lowest BCUT2D eigenvalue weighted by molar-refractivity contribution is -0.134. The van der Waals surface area contributed by atoms with Crippen molar-refractivity contribution in [2.75, 3.05) is 26.2 Å². The first-order chi connectivity index (χ1) is 10.1. The van der Waals surface area contributed by atoms with Gasteiger partial charge >= 0.3 is 0 Å². The molecule has 1 spiro atoms. The third-order valence-electron chi connectivity index (χ3n) is 4.70. The summed E-state index contributed by atoms with van der Waals surface area (Å²) in [6.07, 6.45) is 0.877. The van der Waals surface area contributed by atoms with Crippen molar-refractivity contribution in [2.24, 2.45) is 0 Å². The van der Waals surface area contributed by atoms with Crippen LogP contribution in [-0.2, 0) is 11.3 Å². The van der Waals surface area contributed by atoms with Crippen molar-refractivity contribution in [1.82, 2.24) is 15.1 Å². The molecule has 0 saturated carbocycles. The number of hydrogen-bond donors (Lipinski definition) is 1. The molecule has 0 aromatic heterocycles. The molecule has 0 aliphatic carbocycles. The molecule has 1 atom stereocenters. The van der Waals surface area contributed by atoms with Crippen molar-refractivity contribution in [3.05, 3.63) is 48.2 Å². The summed E-state index contributed by atoms with van der Waals surface area (Å²) in [5, 5.41) is 3.02. The van der Waals surface area contributed by atoms with Crippen LogP contribution in [0.15, 0.2) is 42.6 Å². The van der Waals surface area contributed by atoms with Crippen molar-refractivity contribution in [2.45, 2.75) is 25.4 Å². The Kier molecular flexibility index (Phi) is 3.72. The quantitative estimate of drug-likeness (QED) is 0.916. The molecule has 2 fully saturated rings. The van der Waals surface area contributed by atoms with Gasteiger partial charge in [-0.05, 0) is 18.9 Å². The van der Waals surface area contributed by atoms with Gasteiger partial charge in [0.2, 0.25) is 5.91 Å². The highest BCUT2D eigenvalue weighted by atomic mass is 16.2. The van der Waals surface area contributed by atoms with E-state index >= 15 is 0 Å². The van der Waals surface area contributed by atoms with E-state index in [0.717, 1.165) is 44.8 Å². The van der Waals surface area contributed by atoms with Crippen molar-refractivity contribution in [3.8, 4) is 0 Å². The molecule has 1 unspecified atom stereocenters. The van der Waals surface area contributed by atoms with Gasteiger partial charge in [0.1, 0.15) is 5.54 Å². The fourth-order valence-electron chi connectivity index (χ4n) is 3.42. The first-order valence-corrected chi connectivity index (χ1v) is 7.59. The molecule has 0 bridgehead atoms. The van der Waals surface area contributed by atoms with E-state index in [-0.39, 0.29) is 5.91 Å². The number of allylic oxidation sites excluding steroid dienone is 1. The smallest absolute Gasteiger partial charge is 0.242 e. The van der Waals surface area contributed by atoms with Crippen molar-refractivity contribution in [1.29, 1.82) is 0 Å². The normalized spacial score (nSPS) is 26.1. The lowest BCUT2D eigenvalue weighted by atomic mass is 9.90. The maximum atomic E-state index is 12.5. The number of rotatable bonds is 3. The predicted molar refractivity (Wildman–Crippen MR) is 83.6 cm³/mol. The molecule has 3 rings (SSSR count). The van der Waals surface area contributed by atoms with Crippen LogP contribution < -0.4 is 5.32 Å². The zero-order chi connectivity index (χ0) is 14.9. The second-order valence-corrected chi connectivity index (χ2v) is 6.10. The van der Waals surface area contributed by atoms with Crippen LogP contribution in [0, 0.1) is 0 Å². The van der Waals surface area contributed by atoms with Gasteiger partial charge in [0, 0.05) is 38.4 Å². The van der Waals surface area contributed by atoms with E-state index < -0.39 is 5.54 Å². The Morgan fingerprint density at radius 2 is 2.10 bits per heavy atom. The lowest BCUT2D eigenvalue weighted by Crippen LogP contribution is -2.64. The predicted octanol–water partition coefficient (Wildman–Crippen LogP) is 1.60. The molecule has 1 amide bonds. The van der Waals surface area contributed by atoms with Crippen LogP contribution in [-0.4, -0.2) is 47.4 Å². The summed E-state index contributed by atoms with van der Waals surface area (Å²) in [6.45, 7) is 10.3. The van der Waals surface area contributed by atoms with Crippen LogP contribution in [0.2, 0.25) is 0 Å². The van der Waals surface area contributed by atoms with Crippen LogP contribution in [0.1, 0.15) is 18.9 Å². The SMILES string of the molecule is C=C(C)N1CCN(Cc2ccccc2)C2(CCNC2=O)C1. The fourth-order valence-corrected chi connectivity index (χ4v) is 3.42. The molecule has 4 nitrogen and oxygen atoms in total. The molecule has 21 heavy (non-hydrogen) atoms. The zero-order valence-electron chi connectivity index (χ0n) is 12.6. The van der Waals surface area contributed by atoms with Gasteiger partial charge in [0.25, 0.3) is 0 Å². The van der Waals surface area contributed by atoms with E-state index in [1.54, 1.807) is 0 Å². The van der Waals surface area contributed by atoms with Gasteiger partial charge in [-0.1, -0.05) is 36.9 Å². The average molecular weight is 285 g/mol. The van der Waals surface area contributed by atoms with Crippen LogP contribution in [0.4, 0.5) is 0 Å². The summed E-state index contributed by atoms with van der Waals surface area (Å²) < 4.78 is 0. The number of carbonyl (C=O) groups is 1. The molecule has 2 saturated heterocycles. The third-order valence-corrected chi connectivity index (χ3v) is 4.70. The summed E-state index contributed by atoms with van der Waals surface area (Å²) in [6, 6.07) is 10.4. The fraction of sp³-hybridized carbons (Fsp3) is 0.471. The molecular weight excluding hydrogens is 262 g/mol. The molecule has 1 aromatic rings. The monoisotopic (exact) mass is 285 g/mol. The number of nitrogens with zero attached hydrogens (tertiary/aromatic N) is 2. The van der Waals surface area contributed by atoms with Gasteiger partial charge in [-0.15, -0.1) is 0 Å². The zero-order valence-corrected chi connectivity index (χ0v) is 12.6. The number of piperazine rings is 1. The van der Waals surface area contributed by atoms with Crippen LogP contribution in [0.3, 0.4) is 0 Å². The maximum absolute atomic E-state index is 12.5. The molecule has 0 radical (unpaired) electrons. The van der Waals surface area contributed by atoms with Crippen LogP contribution >= 0.6 is 0 Å². The Bertz CT molecular complexity index is 542. The average Bonchev–Trinajstić information content (AvgIpc) is 2.84. The van der Waals surface area contributed by atoms with Gasteiger partial charge in [-0.2, -0.15) is 0 Å². The Morgan fingerprint density at radius 3 is 2.71 bits per heavy atom. The van der Waals surface area contributed by atoms with Crippen molar-refractivity contribution in [3.63, 3.8) is 0 Å². The number of carbonyl (C=O) groups excluding carboxylic acids is 1. The van der Waals surface area contributed by atoms with Crippen LogP contribution in [0.5, 0.6) is 0 Å². The minimum atomic E-state index is -0.396. The molecule has 2 aliphatic heterocycles. The molecule has 4 heteroatoms. The van der Waals surface area contributed by atoms with E-state index in [1.807, 2.05) is 13.0 Å². The highest BCUT2D eigenvalue weighted by molar-refractivity contribution is 5.89. The van der Waals surface area contributed by atoms with E-state index in [9.17, 15) is 4.79 Å². The van der Waals surface area contributed by atoms with Crippen molar-refractivity contribution < 1.29 is 4.79 Å². The standard InChI is InChI=1S/C17H23N3O/c1-14(2)19-10-11-20(12-15-6-4-3-5-7-15)17(13-19)8-9-18-16(17)21/h3-7H,1,8-13H2,2H3,(H,18,21). The highest BCUT2D eigenvalue weighted by Crippen LogP contribution is 2.31. The summed E-state index contributed by atoms with van der Waals surface area (Å²) in [4.78, 5) is 17.1. The van der Waals surface area contributed by atoms with Gasteiger partial charge in [-0.25, -0.2) is 0 Å². The first kappa shape index (κ1) is 14.1. The summed E-state index contributed by atoms with van der Waals surface area (Å²) >= 11 is 0. The number of benzene rings is 1. The molecule has 2 heterocycles. The van der Waals surface area contributed by atoms with E-state index in [1.165, 1.54) is 5.56 Å². The second-order valence-electron chi connectivity index (χ2n) is 6.10. The van der Waals surface area contributed by atoms with E-state index in [4.69, 9.17) is 0 Å². The molecule has 1 N–H and O–H groups in total. The topological polar surface area (TPSA) is 35.6 Å². The Hall–Kier alpha value is -1.81. The molecular formula is C17H23N3O. The third kappa shape index (κ3) is 2.56. The Morgan fingerprint density at radius 1 is 1.33 bits per heavy atom. The lowest BCUT2D eigenvalue weighted by Gasteiger charge is -2.48. The number of nitrogens with one attached hydrogen (secondary N) is 1. The molecule has 2 aliphatic rings. The van der Waals surface area contributed by atoms with Crippen molar-refractivity contribution >= 4 is 5.91 Å². The Balaban J connectivity index is 1.85. The summed E-state index contributed by atoms with van der Waals surface area (Å²) in [7, 11) is 0. The first-order valence-electron chi connectivity index (χ1n) is 7.59. The van der Waals surface area contributed by atoms with Crippen LogP contribution in [0.25, 0.3) is 0 Å². The minimum absolute atomic E-state index is 0.171. The van der Waals surface area contributed by atoms with Gasteiger partial charge < -0.3 is 10.2 Å². The number of hydrogen-bond acceptors (Lipinski definition) is 3. The van der Waals surface area contributed by atoms with E-state index in [0.29, 0.717) is 0 Å². The summed E-state index contributed by atoms with van der Waals surface area (Å²) in [5.41, 5.74) is 1.92. The molecule has 112 valence electrons. The van der Waals surface area contributed by atoms with E-state index in [2.05, 4.69) is 46.0 Å². The summed E-state index contributed by atoms with van der Waals surface area (Å²) in [5.74, 6) is 0.171. The van der Waals surface area contributed by atoms with Gasteiger partial charge in [0.15, 0.2) is 0 Å². The highest BCUT2D eigenvalue weighted by Gasteiger charge is 2.50. The second kappa shape index (κ2) is 5.53. The maximum Gasteiger partial charge on any atom is 0.242 e.